The second kappa shape index (κ2) is 7.49. The van der Waals surface area contributed by atoms with Crippen molar-refractivity contribution in [3.05, 3.63) is 71.3 Å². The fourth-order valence-electron chi connectivity index (χ4n) is 2.19. The normalized spacial score (nSPS) is 11.2. The second-order valence-electron chi connectivity index (χ2n) is 4.97. The predicted octanol–water partition coefficient (Wildman–Crippen LogP) is 4.94. The minimum atomic E-state index is 0.684. The number of benzene rings is 2. The van der Waals surface area contributed by atoms with Gasteiger partial charge in [0, 0.05) is 18.4 Å². The largest absolute Gasteiger partial charge is 0.305 e. The lowest BCUT2D eigenvalue weighted by atomic mass is 10.2. The molecule has 2 aromatic carbocycles. The molecule has 0 aliphatic rings. The van der Waals surface area contributed by atoms with Crippen LogP contribution in [0.15, 0.2) is 65.8 Å². The van der Waals surface area contributed by atoms with Crippen LogP contribution in [0.5, 0.6) is 0 Å². The monoisotopic (exact) mass is 341 g/mol. The molecular weight excluding hydrogens is 326 g/mol. The highest BCUT2D eigenvalue weighted by Gasteiger charge is 2.12. The minimum absolute atomic E-state index is 0.684. The van der Waals surface area contributed by atoms with Gasteiger partial charge in [-0.05, 0) is 17.7 Å². The van der Waals surface area contributed by atoms with Gasteiger partial charge in [-0.2, -0.15) is 0 Å². The first-order valence-corrected chi connectivity index (χ1v) is 8.61. The van der Waals surface area contributed by atoms with E-state index >= 15 is 0 Å². The first kappa shape index (κ1) is 15.8. The Morgan fingerprint density at radius 2 is 1.78 bits per heavy atom. The van der Waals surface area contributed by atoms with E-state index in [0.29, 0.717) is 5.02 Å². The van der Waals surface area contributed by atoms with E-state index in [1.165, 1.54) is 5.56 Å². The number of rotatable bonds is 5. The third-order valence-electron chi connectivity index (χ3n) is 3.37. The number of thioether (sulfide) groups is 1. The second-order valence-corrected chi connectivity index (χ2v) is 6.36. The molecule has 1 heterocycles. The maximum absolute atomic E-state index is 6.24. The van der Waals surface area contributed by atoms with E-state index in [1.54, 1.807) is 11.8 Å². The molecule has 0 amide bonds. The summed E-state index contributed by atoms with van der Waals surface area (Å²) in [7, 11) is 1.96. The molecule has 0 fully saturated rings. The van der Waals surface area contributed by atoms with E-state index in [4.69, 9.17) is 11.6 Å². The Morgan fingerprint density at radius 3 is 2.57 bits per heavy atom. The molecule has 116 valence electrons. The highest BCUT2D eigenvalue weighted by Crippen LogP contribution is 2.28. The lowest BCUT2D eigenvalue weighted by Crippen LogP contribution is -1.95. The smallest absolute Gasteiger partial charge is 0.191 e. The summed E-state index contributed by atoms with van der Waals surface area (Å²) in [5.74, 6) is 1.62. The van der Waals surface area contributed by atoms with Crippen LogP contribution < -0.4 is 0 Å². The van der Waals surface area contributed by atoms with Gasteiger partial charge >= 0.3 is 0 Å². The summed E-state index contributed by atoms with van der Waals surface area (Å²) in [5, 5.41) is 10.1. The topological polar surface area (TPSA) is 30.7 Å². The molecule has 3 aromatic rings. The van der Waals surface area contributed by atoms with Crippen molar-refractivity contribution in [1.29, 1.82) is 0 Å². The van der Waals surface area contributed by atoms with Crippen molar-refractivity contribution in [2.75, 3.05) is 5.75 Å². The van der Waals surface area contributed by atoms with Crippen LogP contribution in [0.4, 0.5) is 0 Å². The highest BCUT2D eigenvalue weighted by atomic mass is 35.5. The van der Waals surface area contributed by atoms with Crippen molar-refractivity contribution >= 4 is 29.4 Å². The Morgan fingerprint density at radius 1 is 1.04 bits per heavy atom. The van der Waals surface area contributed by atoms with Crippen molar-refractivity contribution in [2.24, 2.45) is 7.05 Å². The molecule has 3 rings (SSSR count). The molecule has 0 bridgehead atoms. The molecule has 3 nitrogen and oxygen atoms in total. The number of hydrogen-bond acceptors (Lipinski definition) is 3. The van der Waals surface area contributed by atoms with Gasteiger partial charge in [0.05, 0.1) is 5.02 Å². The van der Waals surface area contributed by atoms with Gasteiger partial charge in [0.1, 0.15) is 0 Å². The van der Waals surface area contributed by atoms with Crippen molar-refractivity contribution in [1.82, 2.24) is 14.8 Å². The first-order chi connectivity index (χ1) is 11.3. The summed E-state index contributed by atoms with van der Waals surface area (Å²) in [4.78, 5) is 0. The molecule has 0 spiro atoms. The Labute approximate surface area is 145 Å². The van der Waals surface area contributed by atoms with E-state index in [9.17, 15) is 0 Å². The van der Waals surface area contributed by atoms with Crippen molar-refractivity contribution in [2.45, 2.75) is 5.16 Å². The van der Waals surface area contributed by atoms with E-state index in [0.717, 1.165) is 22.3 Å². The lowest BCUT2D eigenvalue weighted by Gasteiger charge is -2.04. The van der Waals surface area contributed by atoms with Gasteiger partial charge in [-0.25, -0.2) is 0 Å². The van der Waals surface area contributed by atoms with Crippen molar-refractivity contribution in [3.63, 3.8) is 0 Å². The van der Waals surface area contributed by atoms with Gasteiger partial charge in [0.15, 0.2) is 11.0 Å². The Kier molecular flexibility index (Phi) is 5.16. The molecule has 23 heavy (non-hydrogen) atoms. The fraction of sp³-hybridized carbons (Fsp3) is 0.111. The van der Waals surface area contributed by atoms with Crippen LogP contribution in [0.1, 0.15) is 5.56 Å². The number of nitrogens with zero attached hydrogens (tertiary/aromatic N) is 3. The van der Waals surface area contributed by atoms with Crippen LogP contribution in [-0.4, -0.2) is 20.5 Å². The van der Waals surface area contributed by atoms with Gasteiger partial charge in [0.2, 0.25) is 0 Å². The molecule has 0 N–H and O–H groups in total. The summed E-state index contributed by atoms with van der Waals surface area (Å²) < 4.78 is 1.97. The van der Waals surface area contributed by atoms with E-state index in [1.807, 2.05) is 54.1 Å². The average molecular weight is 342 g/mol. The van der Waals surface area contributed by atoms with Crippen LogP contribution in [-0.2, 0) is 7.05 Å². The zero-order valence-electron chi connectivity index (χ0n) is 12.7. The standard InChI is InChI=1S/C18H16ClN3S/c1-22-17(15-11-5-6-12-16(15)19)20-21-18(22)23-13-7-10-14-8-3-2-4-9-14/h2-12H,13H2,1H3/b10-7+. The zero-order valence-corrected chi connectivity index (χ0v) is 14.3. The van der Waals surface area contributed by atoms with Crippen LogP contribution in [0, 0.1) is 0 Å². The van der Waals surface area contributed by atoms with Gasteiger partial charge < -0.3 is 4.57 Å². The van der Waals surface area contributed by atoms with Gasteiger partial charge in [-0.15, -0.1) is 10.2 Å². The number of halogens is 1. The molecule has 0 aliphatic heterocycles. The highest BCUT2D eigenvalue weighted by molar-refractivity contribution is 7.99. The third kappa shape index (κ3) is 3.84. The molecule has 0 saturated heterocycles. The average Bonchev–Trinajstić information content (AvgIpc) is 2.94. The summed E-state index contributed by atoms with van der Waals surface area (Å²) in [6.07, 6.45) is 4.24. The SMILES string of the molecule is Cn1c(SC/C=C/c2ccccc2)nnc1-c1ccccc1Cl. The first-order valence-electron chi connectivity index (χ1n) is 7.24. The van der Waals surface area contributed by atoms with Crippen LogP contribution >= 0.6 is 23.4 Å². The van der Waals surface area contributed by atoms with Gasteiger partial charge in [-0.3, -0.25) is 0 Å². The molecule has 0 saturated carbocycles. The summed E-state index contributed by atoms with van der Waals surface area (Å²) in [5.41, 5.74) is 2.10. The van der Waals surface area contributed by atoms with E-state index < -0.39 is 0 Å². The Bertz CT molecular complexity index is 812. The lowest BCUT2D eigenvalue weighted by molar-refractivity contribution is 0.795. The van der Waals surface area contributed by atoms with E-state index in [2.05, 4.69) is 34.5 Å². The molecular formula is C18H16ClN3S. The van der Waals surface area contributed by atoms with Gasteiger partial charge in [-0.1, -0.05) is 78.0 Å². The van der Waals surface area contributed by atoms with Crippen LogP contribution in [0.3, 0.4) is 0 Å². The van der Waals surface area contributed by atoms with Crippen molar-refractivity contribution < 1.29 is 0 Å². The van der Waals surface area contributed by atoms with Gasteiger partial charge in [0.25, 0.3) is 0 Å². The minimum Gasteiger partial charge on any atom is -0.305 e. The maximum Gasteiger partial charge on any atom is 0.191 e. The molecule has 1 aromatic heterocycles. The zero-order chi connectivity index (χ0) is 16.1. The molecule has 0 atom stereocenters. The number of hydrogen-bond donors (Lipinski definition) is 0. The third-order valence-corrected chi connectivity index (χ3v) is 4.67. The molecule has 0 aliphatic carbocycles. The maximum atomic E-state index is 6.24. The molecule has 0 radical (unpaired) electrons. The molecule has 0 unspecified atom stereocenters. The van der Waals surface area contributed by atoms with Crippen LogP contribution in [0.25, 0.3) is 17.5 Å². The Balaban J connectivity index is 1.68. The van der Waals surface area contributed by atoms with Crippen molar-refractivity contribution in [3.8, 4) is 11.4 Å². The summed E-state index contributed by atoms with van der Waals surface area (Å²) in [6, 6.07) is 17.9. The molecule has 5 heteroatoms. The van der Waals surface area contributed by atoms with Crippen LogP contribution in [0.2, 0.25) is 5.02 Å². The summed E-state index contributed by atoms with van der Waals surface area (Å²) in [6.45, 7) is 0. The Hall–Kier alpha value is -2.04. The quantitative estimate of drug-likeness (QED) is 0.616. The fourth-order valence-corrected chi connectivity index (χ4v) is 3.13. The predicted molar refractivity (Wildman–Crippen MR) is 97.6 cm³/mol. The summed E-state index contributed by atoms with van der Waals surface area (Å²) >= 11 is 7.88. The number of aromatic nitrogens is 3. The van der Waals surface area contributed by atoms with E-state index in [-0.39, 0.29) is 0 Å².